The predicted octanol–water partition coefficient (Wildman–Crippen LogP) is 1.79. The molecule has 1 aromatic heterocycles. The number of furan rings is 1. The second-order valence-electron chi connectivity index (χ2n) is 4.62. The van der Waals surface area contributed by atoms with Gasteiger partial charge in [0.15, 0.2) is 0 Å². The van der Waals surface area contributed by atoms with Crippen LogP contribution in [0.3, 0.4) is 0 Å². The molecule has 0 spiro atoms. The minimum Gasteiger partial charge on any atom is -0.495 e. The molecule has 22 heavy (non-hydrogen) atoms. The van der Waals surface area contributed by atoms with Crippen LogP contribution >= 0.6 is 0 Å². The molecular formula is C14H16N2O5S. The van der Waals surface area contributed by atoms with Crippen LogP contribution in [-0.2, 0) is 10.0 Å². The van der Waals surface area contributed by atoms with Crippen LogP contribution in [0.2, 0.25) is 0 Å². The van der Waals surface area contributed by atoms with Crippen molar-refractivity contribution >= 4 is 21.6 Å². The molecule has 8 heteroatoms. The Labute approximate surface area is 128 Å². The zero-order chi connectivity index (χ0) is 16.3. The van der Waals surface area contributed by atoms with Gasteiger partial charge in [0.1, 0.15) is 12.0 Å². The monoisotopic (exact) mass is 324 g/mol. The SMILES string of the molecule is COc1ccc(S(=O)(=O)N(C)C)cc1NC(=O)c1ccoc1. The summed E-state index contributed by atoms with van der Waals surface area (Å²) in [6, 6.07) is 5.76. The zero-order valence-corrected chi connectivity index (χ0v) is 13.2. The van der Waals surface area contributed by atoms with Gasteiger partial charge in [0.2, 0.25) is 10.0 Å². The van der Waals surface area contributed by atoms with Crippen molar-refractivity contribution in [2.75, 3.05) is 26.5 Å². The molecule has 1 aromatic carbocycles. The van der Waals surface area contributed by atoms with Crippen LogP contribution in [0.5, 0.6) is 5.75 Å². The normalized spacial score (nSPS) is 11.5. The average molecular weight is 324 g/mol. The van der Waals surface area contributed by atoms with Crippen molar-refractivity contribution in [2.45, 2.75) is 4.90 Å². The first-order chi connectivity index (χ1) is 10.4. The summed E-state index contributed by atoms with van der Waals surface area (Å²) >= 11 is 0. The second-order valence-corrected chi connectivity index (χ2v) is 6.77. The van der Waals surface area contributed by atoms with Gasteiger partial charge in [-0.15, -0.1) is 0 Å². The number of sulfonamides is 1. The number of carbonyl (C=O) groups is 1. The third-order valence-electron chi connectivity index (χ3n) is 2.98. The number of benzene rings is 1. The summed E-state index contributed by atoms with van der Waals surface area (Å²) in [5, 5.41) is 2.61. The van der Waals surface area contributed by atoms with Crippen molar-refractivity contribution in [3.63, 3.8) is 0 Å². The standard InChI is InChI=1S/C14H16N2O5S/c1-16(2)22(18,19)11-4-5-13(20-3)12(8-11)15-14(17)10-6-7-21-9-10/h4-9H,1-3H3,(H,15,17). The molecular weight excluding hydrogens is 308 g/mol. The van der Waals surface area contributed by atoms with Gasteiger partial charge in [-0.1, -0.05) is 0 Å². The lowest BCUT2D eigenvalue weighted by atomic mass is 10.2. The molecule has 1 heterocycles. The summed E-state index contributed by atoms with van der Waals surface area (Å²) in [6.45, 7) is 0. The maximum absolute atomic E-state index is 12.2. The number of ether oxygens (including phenoxy) is 1. The van der Waals surface area contributed by atoms with E-state index in [2.05, 4.69) is 5.32 Å². The highest BCUT2D eigenvalue weighted by Gasteiger charge is 2.20. The van der Waals surface area contributed by atoms with Gasteiger partial charge in [-0.25, -0.2) is 12.7 Å². The van der Waals surface area contributed by atoms with Crippen LogP contribution < -0.4 is 10.1 Å². The minimum absolute atomic E-state index is 0.0563. The van der Waals surface area contributed by atoms with E-state index in [9.17, 15) is 13.2 Å². The van der Waals surface area contributed by atoms with Gasteiger partial charge >= 0.3 is 0 Å². The first-order valence-corrected chi connectivity index (χ1v) is 7.74. The van der Waals surface area contributed by atoms with Crippen LogP contribution in [-0.4, -0.2) is 39.8 Å². The molecule has 0 saturated carbocycles. The molecule has 1 N–H and O–H groups in total. The van der Waals surface area contributed by atoms with Gasteiger partial charge in [0.25, 0.3) is 5.91 Å². The molecule has 0 fully saturated rings. The molecule has 0 aliphatic heterocycles. The van der Waals surface area contributed by atoms with E-state index in [-0.39, 0.29) is 10.6 Å². The van der Waals surface area contributed by atoms with Crippen molar-refractivity contribution in [1.82, 2.24) is 4.31 Å². The molecule has 2 rings (SSSR count). The quantitative estimate of drug-likeness (QED) is 0.906. The number of nitrogens with zero attached hydrogens (tertiary/aromatic N) is 1. The number of amides is 1. The van der Waals surface area contributed by atoms with E-state index in [1.165, 1.54) is 58.0 Å². The Kier molecular flexibility index (Phi) is 4.53. The Bertz CT molecular complexity index is 767. The smallest absolute Gasteiger partial charge is 0.259 e. The largest absolute Gasteiger partial charge is 0.495 e. The fourth-order valence-electron chi connectivity index (χ4n) is 1.74. The van der Waals surface area contributed by atoms with Crippen LogP contribution in [0.25, 0.3) is 0 Å². The summed E-state index contributed by atoms with van der Waals surface area (Å²) in [6.07, 6.45) is 2.67. The highest BCUT2D eigenvalue weighted by Crippen LogP contribution is 2.28. The number of carbonyl (C=O) groups excluding carboxylic acids is 1. The average Bonchev–Trinajstić information content (AvgIpc) is 3.01. The Morgan fingerprint density at radius 2 is 2.00 bits per heavy atom. The molecule has 0 saturated heterocycles. The molecule has 0 aliphatic carbocycles. The van der Waals surface area contributed by atoms with E-state index < -0.39 is 15.9 Å². The lowest BCUT2D eigenvalue weighted by Gasteiger charge is -2.15. The Balaban J connectivity index is 2.39. The van der Waals surface area contributed by atoms with Gasteiger partial charge < -0.3 is 14.5 Å². The van der Waals surface area contributed by atoms with Gasteiger partial charge in [-0.05, 0) is 24.3 Å². The highest BCUT2D eigenvalue weighted by molar-refractivity contribution is 7.89. The van der Waals surface area contributed by atoms with E-state index in [0.29, 0.717) is 11.3 Å². The summed E-state index contributed by atoms with van der Waals surface area (Å²) in [4.78, 5) is 12.1. The summed E-state index contributed by atoms with van der Waals surface area (Å²) in [5.41, 5.74) is 0.583. The maximum Gasteiger partial charge on any atom is 0.259 e. The number of hydrogen-bond donors (Lipinski definition) is 1. The molecule has 0 unspecified atom stereocenters. The van der Waals surface area contributed by atoms with Gasteiger partial charge in [-0.2, -0.15) is 0 Å². The van der Waals surface area contributed by atoms with Crippen molar-refractivity contribution in [3.05, 3.63) is 42.4 Å². The maximum atomic E-state index is 12.2. The lowest BCUT2D eigenvalue weighted by molar-refractivity contribution is 0.102. The second kappa shape index (κ2) is 6.20. The third-order valence-corrected chi connectivity index (χ3v) is 4.79. The Morgan fingerprint density at radius 1 is 1.27 bits per heavy atom. The molecule has 2 aromatic rings. The summed E-state index contributed by atoms with van der Waals surface area (Å²) in [7, 11) is 0.695. The van der Waals surface area contributed by atoms with E-state index in [0.717, 1.165) is 4.31 Å². The van der Waals surface area contributed by atoms with Gasteiger partial charge in [0, 0.05) is 14.1 Å². The van der Waals surface area contributed by atoms with Crippen molar-refractivity contribution in [3.8, 4) is 5.75 Å². The highest BCUT2D eigenvalue weighted by atomic mass is 32.2. The van der Waals surface area contributed by atoms with Crippen LogP contribution in [0, 0.1) is 0 Å². The van der Waals surface area contributed by atoms with Gasteiger partial charge in [-0.3, -0.25) is 4.79 Å². The first kappa shape index (κ1) is 16.1. The van der Waals surface area contributed by atoms with Crippen LogP contribution in [0.4, 0.5) is 5.69 Å². The number of nitrogens with one attached hydrogen (secondary N) is 1. The number of hydrogen-bond acceptors (Lipinski definition) is 5. The van der Waals surface area contributed by atoms with Crippen molar-refractivity contribution < 1.29 is 22.4 Å². The molecule has 0 bridgehead atoms. The van der Waals surface area contributed by atoms with Crippen LogP contribution in [0.15, 0.2) is 46.1 Å². The third kappa shape index (κ3) is 3.12. The van der Waals surface area contributed by atoms with E-state index in [1.54, 1.807) is 0 Å². The minimum atomic E-state index is -3.61. The Hall–Kier alpha value is -2.32. The molecule has 0 atom stereocenters. The molecule has 0 radical (unpaired) electrons. The predicted molar refractivity (Wildman–Crippen MR) is 80.5 cm³/mol. The van der Waals surface area contributed by atoms with E-state index in [4.69, 9.17) is 9.15 Å². The van der Waals surface area contributed by atoms with Gasteiger partial charge in [0.05, 0.1) is 29.5 Å². The topological polar surface area (TPSA) is 88.9 Å². The zero-order valence-electron chi connectivity index (χ0n) is 12.4. The first-order valence-electron chi connectivity index (χ1n) is 6.30. The molecule has 1 amide bonds. The van der Waals surface area contributed by atoms with Crippen LogP contribution in [0.1, 0.15) is 10.4 Å². The fraction of sp³-hybridized carbons (Fsp3) is 0.214. The Morgan fingerprint density at radius 3 is 2.55 bits per heavy atom. The van der Waals surface area contributed by atoms with E-state index in [1.807, 2.05) is 0 Å². The molecule has 118 valence electrons. The molecule has 0 aliphatic rings. The van der Waals surface area contributed by atoms with Crippen molar-refractivity contribution in [1.29, 1.82) is 0 Å². The number of anilines is 1. The number of methoxy groups -OCH3 is 1. The molecule has 7 nitrogen and oxygen atoms in total. The van der Waals surface area contributed by atoms with Crippen molar-refractivity contribution in [2.24, 2.45) is 0 Å². The number of rotatable bonds is 5. The lowest BCUT2D eigenvalue weighted by Crippen LogP contribution is -2.22. The summed E-state index contributed by atoms with van der Waals surface area (Å²) < 4.78 is 35.4. The fourth-order valence-corrected chi connectivity index (χ4v) is 2.67. The summed E-state index contributed by atoms with van der Waals surface area (Å²) in [5.74, 6) is -0.0685. The van der Waals surface area contributed by atoms with E-state index >= 15 is 0 Å².